The van der Waals surface area contributed by atoms with E-state index in [1.807, 2.05) is 0 Å². The second kappa shape index (κ2) is 9.43. The van der Waals surface area contributed by atoms with E-state index < -0.39 is 0 Å². The van der Waals surface area contributed by atoms with Crippen molar-refractivity contribution in [1.82, 2.24) is 0 Å². The Kier molecular flexibility index (Phi) is 6.73. The predicted molar refractivity (Wildman–Crippen MR) is 128 cm³/mol. The van der Waals surface area contributed by atoms with Gasteiger partial charge in [0.1, 0.15) is 0 Å². The molecular formula is C24H27P3. The topological polar surface area (TPSA) is 0 Å². The van der Waals surface area contributed by atoms with Crippen LogP contribution in [0.3, 0.4) is 0 Å². The van der Waals surface area contributed by atoms with Crippen LogP contribution in [0.4, 0.5) is 0 Å². The average Bonchev–Trinajstić information content (AvgIpc) is 2.86. The molecule has 0 amide bonds. The Labute approximate surface area is 168 Å². The van der Waals surface area contributed by atoms with Gasteiger partial charge in [-0.15, -0.1) is 17.2 Å². The summed E-state index contributed by atoms with van der Waals surface area (Å²) in [7, 11) is 1.86. The summed E-state index contributed by atoms with van der Waals surface area (Å²) in [5, 5.41) is 1.70. The molecule has 0 spiro atoms. The van der Waals surface area contributed by atoms with Gasteiger partial charge in [-0.25, -0.2) is 0 Å². The molecule has 1 heterocycles. The predicted octanol–water partition coefficient (Wildman–Crippen LogP) is 6.11. The third-order valence-corrected chi connectivity index (χ3v) is 12.4. The summed E-state index contributed by atoms with van der Waals surface area (Å²) in [6.45, 7) is 0. The molecule has 1 saturated heterocycles. The number of hydrogen-bond donors (Lipinski definition) is 0. The molecule has 3 aromatic rings. The van der Waals surface area contributed by atoms with Crippen molar-refractivity contribution in [2.75, 3.05) is 30.8 Å². The molecule has 0 nitrogen and oxygen atoms in total. The van der Waals surface area contributed by atoms with Crippen LogP contribution in [-0.2, 0) is 5.16 Å². The van der Waals surface area contributed by atoms with E-state index in [9.17, 15) is 0 Å². The molecule has 4 rings (SSSR count). The van der Waals surface area contributed by atoms with E-state index >= 15 is 0 Å². The van der Waals surface area contributed by atoms with Crippen LogP contribution in [-0.4, -0.2) is 30.8 Å². The smallest absolute Gasteiger partial charge is 0.0479 e. The fourth-order valence-corrected chi connectivity index (χ4v) is 11.9. The standard InChI is InChI=1S/C24H27P3/c1-4-10-21(11-5-1)24(22-12-6-2-7-13-22)20-26-17-16-25-18-19-27(24)23-14-8-3-9-15-23/h1-15,25-26H,16-20H2. The van der Waals surface area contributed by atoms with Crippen molar-refractivity contribution in [3.8, 4) is 0 Å². The number of benzene rings is 3. The fourth-order valence-electron chi connectivity index (χ4n) is 4.12. The van der Waals surface area contributed by atoms with Crippen molar-refractivity contribution in [3.63, 3.8) is 0 Å². The number of hydrogen-bond acceptors (Lipinski definition) is 0. The van der Waals surface area contributed by atoms with Crippen LogP contribution in [0.2, 0.25) is 0 Å². The lowest BCUT2D eigenvalue weighted by molar-refractivity contribution is 0.833. The molecule has 3 unspecified atom stereocenters. The lowest BCUT2D eigenvalue weighted by Crippen LogP contribution is -2.33. The van der Waals surface area contributed by atoms with Crippen molar-refractivity contribution in [3.05, 3.63) is 102 Å². The van der Waals surface area contributed by atoms with Crippen molar-refractivity contribution in [1.29, 1.82) is 0 Å². The Bertz CT molecular complexity index is 779. The van der Waals surface area contributed by atoms with Gasteiger partial charge in [-0.3, -0.25) is 0 Å². The largest absolute Gasteiger partial charge is 0.121 e. The van der Waals surface area contributed by atoms with Crippen LogP contribution >= 0.6 is 25.1 Å². The Morgan fingerprint density at radius 3 is 1.70 bits per heavy atom. The molecule has 1 aliphatic heterocycles. The van der Waals surface area contributed by atoms with E-state index in [1.54, 1.807) is 5.30 Å². The van der Waals surface area contributed by atoms with Gasteiger partial charge in [0.25, 0.3) is 0 Å². The molecule has 1 fully saturated rings. The maximum absolute atomic E-state index is 2.39. The quantitative estimate of drug-likeness (QED) is 0.459. The molecule has 0 radical (unpaired) electrons. The lowest BCUT2D eigenvalue weighted by Gasteiger charge is -2.43. The lowest BCUT2D eigenvalue weighted by atomic mass is 9.92. The van der Waals surface area contributed by atoms with Crippen molar-refractivity contribution >= 4 is 30.4 Å². The first-order valence-electron chi connectivity index (χ1n) is 9.76. The van der Waals surface area contributed by atoms with E-state index in [-0.39, 0.29) is 13.1 Å². The normalized spacial score (nSPS) is 22.0. The molecular weight excluding hydrogens is 381 g/mol. The first-order chi connectivity index (χ1) is 13.4. The Balaban J connectivity index is 1.95. The molecule has 3 atom stereocenters. The van der Waals surface area contributed by atoms with Crippen LogP contribution < -0.4 is 5.30 Å². The van der Waals surface area contributed by atoms with Gasteiger partial charge in [0, 0.05) is 5.16 Å². The van der Waals surface area contributed by atoms with Crippen LogP contribution in [0.5, 0.6) is 0 Å². The Hall–Kier alpha value is -1.05. The summed E-state index contributed by atoms with van der Waals surface area (Å²) in [5.41, 5.74) is 3.03. The highest BCUT2D eigenvalue weighted by Gasteiger charge is 2.42. The van der Waals surface area contributed by atoms with Gasteiger partial charge in [-0.05, 0) is 47.2 Å². The van der Waals surface area contributed by atoms with E-state index in [4.69, 9.17) is 0 Å². The van der Waals surface area contributed by atoms with Gasteiger partial charge in [0.15, 0.2) is 0 Å². The zero-order valence-corrected chi connectivity index (χ0v) is 18.5. The maximum Gasteiger partial charge on any atom is 0.0479 e. The highest BCUT2D eigenvalue weighted by atomic mass is 31.1. The van der Waals surface area contributed by atoms with Crippen molar-refractivity contribution < 1.29 is 0 Å². The first kappa shape index (κ1) is 19.3. The first-order valence-corrected chi connectivity index (χ1v) is 14.1. The molecule has 138 valence electrons. The summed E-state index contributed by atoms with van der Waals surface area (Å²) in [6.07, 6.45) is 6.83. The third-order valence-electron chi connectivity index (χ3n) is 5.40. The minimum atomic E-state index is -0.314. The van der Waals surface area contributed by atoms with Gasteiger partial charge < -0.3 is 0 Å². The maximum atomic E-state index is 2.39. The third kappa shape index (κ3) is 4.20. The van der Waals surface area contributed by atoms with E-state index in [2.05, 4.69) is 91.0 Å². The zero-order chi connectivity index (χ0) is 18.4. The highest BCUT2D eigenvalue weighted by Crippen LogP contribution is 2.61. The molecule has 0 saturated carbocycles. The van der Waals surface area contributed by atoms with Gasteiger partial charge >= 0.3 is 0 Å². The van der Waals surface area contributed by atoms with Gasteiger partial charge in [-0.1, -0.05) is 98.9 Å². The molecule has 27 heavy (non-hydrogen) atoms. The van der Waals surface area contributed by atoms with Crippen molar-refractivity contribution in [2.24, 2.45) is 0 Å². The van der Waals surface area contributed by atoms with E-state index in [0.717, 1.165) is 17.2 Å². The SMILES string of the molecule is c1ccc(P2CCPCCPCC2(c2ccccc2)c2ccccc2)cc1. The average molecular weight is 408 g/mol. The summed E-state index contributed by atoms with van der Waals surface area (Å²) >= 11 is 0. The monoisotopic (exact) mass is 408 g/mol. The molecule has 0 aromatic heterocycles. The van der Waals surface area contributed by atoms with Crippen molar-refractivity contribution in [2.45, 2.75) is 5.16 Å². The molecule has 0 N–H and O–H groups in total. The summed E-state index contributed by atoms with van der Waals surface area (Å²) in [6, 6.07) is 34.2. The van der Waals surface area contributed by atoms with Crippen LogP contribution in [0.1, 0.15) is 11.1 Å². The summed E-state index contributed by atoms with van der Waals surface area (Å²) < 4.78 is 0. The molecule has 3 aromatic carbocycles. The second-order valence-corrected chi connectivity index (χ2v) is 12.4. The highest BCUT2D eigenvalue weighted by molar-refractivity contribution is 7.68. The van der Waals surface area contributed by atoms with Crippen LogP contribution in [0, 0.1) is 0 Å². The number of rotatable bonds is 3. The van der Waals surface area contributed by atoms with Gasteiger partial charge in [-0.2, -0.15) is 0 Å². The van der Waals surface area contributed by atoms with E-state index in [0.29, 0.717) is 0 Å². The van der Waals surface area contributed by atoms with Crippen LogP contribution in [0.15, 0.2) is 91.0 Å². The Morgan fingerprint density at radius 2 is 1.11 bits per heavy atom. The Morgan fingerprint density at radius 1 is 0.593 bits per heavy atom. The van der Waals surface area contributed by atoms with E-state index in [1.165, 1.54) is 41.9 Å². The zero-order valence-electron chi connectivity index (χ0n) is 15.6. The summed E-state index contributed by atoms with van der Waals surface area (Å²) in [5.74, 6) is 0. The van der Waals surface area contributed by atoms with Gasteiger partial charge in [0.2, 0.25) is 0 Å². The summed E-state index contributed by atoms with van der Waals surface area (Å²) in [4.78, 5) is 0. The van der Waals surface area contributed by atoms with Gasteiger partial charge in [0.05, 0.1) is 0 Å². The molecule has 0 aliphatic carbocycles. The minimum absolute atomic E-state index is 0.131. The van der Waals surface area contributed by atoms with Crippen LogP contribution in [0.25, 0.3) is 0 Å². The minimum Gasteiger partial charge on any atom is -0.121 e. The fraction of sp³-hybridized carbons (Fsp3) is 0.250. The molecule has 3 heteroatoms. The second-order valence-electron chi connectivity index (χ2n) is 7.01. The molecule has 1 aliphatic rings. The molecule has 0 bridgehead atoms.